The molecule has 0 bridgehead atoms. The summed E-state index contributed by atoms with van der Waals surface area (Å²) in [4.78, 5) is 11.3. The topological polar surface area (TPSA) is 68.3 Å². The molecule has 0 saturated heterocycles. The molecule has 0 atom stereocenters. The van der Waals surface area contributed by atoms with Gasteiger partial charge < -0.3 is 0 Å². The largest absolute Gasteiger partial charge is 0.289 e. The van der Waals surface area contributed by atoms with Gasteiger partial charge in [0.05, 0.1) is 16.8 Å². The molecule has 0 saturated carbocycles. The molecular formula is C14H12N2O3S2. The third-order valence-corrected chi connectivity index (χ3v) is 5.38. The highest BCUT2D eigenvalue weighted by atomic mass is 32.2. The molecule has 0 aliphatic carbocycles. The number of hydrogen-bond donors (Lipinski definition) is 1. The lowest BCUT2D eigenvalue weighted by Crippen LogP contribution is -2.23. The summed E-state index contributed by atoms with van der Waals surface area (Å²) in [6.45, 7) is 0.158. The van der Waals surface area contributed by atoms with Gasteiger partial charge in [-0.15, -0.1) is 11.3 Å². The van der Waals surface area contributed by atoms with Gasteiger partial charge in [-0.2, -0.15) is 0 Å². The number of nitrogens with zero attached hydrogens (tertiary/aromatic N) is 1. The molecule has 2 aromatic carbocycles. The van der Waals surface area contributed by atoms with Crippen molar-refractivity contribution in [2.75, 3.05) is 0 Å². The Labute approximate surface area is 126 Å². The minimum Gasteiger partial charge on any atom is -0.282 e. The van der Waals surface area contributed by atoms with E-state index >= 15 is 0 Å². The number of para-hydroxylation sites is 1. The molecule has 0 aliphatic rings. The zero-order chi connectivity index (χ0) is 14.7. The Balaban J connectivity index is 1.71. The number of rotatable bonds is 5. The Bertz CT molecular complexity index is 812. The fourth-order valence-electron chi connectivity index (χ4n) is 1.77. The molecule has 108 valence electrons. The number of benzene rings is 2. The summed E-state index contributed by atoms with van der Waals surface area (Å²) in [6.07, 6.45) is 0. The standard InChI is InChI=1S/C14H12N2O3S2/c17-21(18,16-19-10-11-6-2-1-3-7-11)14-15-12-8-4-5-9-13(12)20-14/h1-9,16H,10H2. The molecule has 0 spiro atoms. The minimum atomic E-state index is -3.76. The van der Waals surface area contributed by atoms with E-state index < -0.39 is 10.0 Å². The van der Waals surface area contributed by atoms with Crippen LogP contribution in [-0.2, 0) is 21.5 Å². The Morgan fingerprint density at radius 3 is 2.52 bits per heavy atom. The molecule has 5 nitrogen and oxygen atoms in total. The molecule has 0 fully saturated rings. The second kappa shape index (κ2) is 5.90. The van der Waals surface area contributed by atoms with E-state index in [0.717, 1.165) is 21.6 Å². The highest BCUT2D eigenvalue weighted by Gasteiger charge is 2.19. The summed E-state index contributed by atoms with van der Waals surface area (Å²) >= 11 is 1.11. The van der Waals surface area contributed by atoms with E-state index in [1.165, 1.54) is 0 Å². The minimum absolute atomic E-state index is 0.00300. The van der Waals surface area contributed by atoms with E-state index in [-0.39, 0.29) is 10.9 Å². The summed E-state index contributed by atoms with van der Waals surface area (Å²) in [6, 6.07) is 16.6. The van der Waals surface area contributed by atoms with Crippen molar-refractivity contribution in [2.45, 2.75) is 10.9 Å². The summed E-state index contributed by atoms with van der Waals surface area (Å²) in [5.74, 6) is 0. The molecule has 1 heterocycles. The zero-order valence-corrected chi connectivity index (χ0v) is 12.5. The van der Waals surface area contributed by atoms with Crippen molar-refractivity contribution in [2.24, 2.45) is 0 Å². The number of nitrogens with one attached hydrogen (secondary N) is 1. The quantitative estimate of drug-likeness (QED) is 0.734. The van der Waals surface area contributed by atoms with Crippen LogP contribution in [0.4, 0.5) is 0 Å². The number of sulfonamides is 1. The summed E-state index contributed by atoms with van der Waals surface area (Å²) in [5.41, 5.74) is 1.54. The average molecular weight is 320 g/mol. The predicted molar refractivity (Wildman–Crippen MR) is 81.2 cm³/mol. The van der Waals surface area contributed by atoms with Gasteiger partial charge in [-0.05, 0) is 17.7 Å². The van der Waals surface area contributed by atoms with Gasteiger partial charge in [-0.3, -0.25) is 4.84 Å². The maximum Gasteiger partial charge on any atom is 0.289 e. The van der Waals surface area contributed by atoms with E-state index in [0.29, 0.717) is 5.52 Å². The van der Waals surface area contributed by atoms with Crippen LogP contribution in [0.1, 0.15) is 5.56 Å². The van der Waals surface area contributed by atoms with Crippen molar-refractivity contribution >= 4 is 31.6 Å². The first-order chi connectivity index (χ1) is 10.1. The highest BCUT2D eigenvalue weighted by Crippen LogP contribution is 2.24. The van der Waals surface area contributed by atoms with E-state index in [1.807, 2.05) is 48.5 Å². The van der Waals surface area contributed by atoms with Crippen LogP contribution in [0.3, 0.4) is 0 Å². The zero-order valence-electron chi connectivity index (χ0n) is 10.9. The molecule has 0 radical (unpaired) electrons. The van der Waals surface area contributed by atoms with Crippen LogP contribution >= 0.6 is 11.3 Å². The lowest BCUT2D eigenvalue weighted by Gasteiger charge is -2.04. The van der Waals surface area contributed by atoms with Gasteiger partial charge in [-0.1, -0.05) is 47.3 Å². The first-order valence-corrected chi connectivity index (χ1v) is 8.48. The van der Waals surface area contributed by atoms with Crippen LogP contribution < -0.4 is 4.89 Å². The molecule has 3 rings (SSSR count). The van der Waals surface area contributed by atoms with Gasteiger partial charge in [0.15, 0.2) is 0 Å². The van der Waals surface area contributed by atoms with Crippen molar-refractivity contribution in [3.05, 3.63) is 60.2 Å². The summed E-state index contributed by atoms with van der Waals surface area (Å²) in [7, 11) is -3.76. The van der Waals surface area contributed by atoms with E-state index in [4.69, 9.17) is 4.84 Å². The van der Waals surface area contributed by atoms with Crippen LogP contribution in [0.15, 0.2) is 58.9 Å². The van der Waals surface area contributed by atoms with Crippen LogP contribution in [0, 0.1) is 0 Å². The van der Waals surface area contributed by atoms with Crippen molar-refractivity contribution in [3.63, 3.8) is 0 Å². The fraction of sp³-hybridized carbons (Fsp3) is 0.0714. The third-order valence-electron chi connectivity index (χ3n) is 2.75. The molecule has 1 aromatic heterocycles. The Hall–Kier alpha value is -1.80. The second-order valence-corrected chi connectivity index (χ2v) is 7.16. The fourth-order valence-corrected chi connectivity index (χ4v) is 3.78. The van der Waals surface area contributed by atoms with Gasteiger partial charge in [0.2, 0.25) is 4.34 Å². The highest BCUT2D eigenvalue weighted by molar-refractivity contribution is 7.91. The van der Waals surface area contributed by atoms with Crippen LogP contribution in [0.25, 0.3) is 10.2 Å². The lowest BCUT2D eigenvalue weighted by molar-refractivity contribution is 0.0795. The lowest BCUT2D eigenvalue weighted by atomic mass is 10.2. The molecule has 1 N–H and O–H groups in total. The maximum atomic E-state index is 12.1. The number of hydrogen-bond acceptors (Lipinski definition) is 5. The molecule has 0 aliphatic heterocycles. The Morgan fingerprint density at radius 1 is 1.05 bits per heavy atom. The normalized spacial score (nSPS) is 11.8. The predicted octanol–water partition coefficient (Wildman–Crippen LogP) is 2.71. The van der Waals surface area contributed by atoms with Crippen LogP contribution in [0.2, 0.25) is 0 Å². The monoisotopic (exact) mass is 320 g/mol. The Kier molecular flexibility index (Phi) is 3.98. The number of fused-ring (bicyclic) bond motifs is 1. The van der Waals surface area contributed by atoms with Gasteiger partial charge >= 0.3 is 0 Å². The molecule has 7 heteroatoms. The molecule has 0 unspecified atom stereocenters. The van der Waals surface area contributed by atoms with Crippen molar-refractivity contribution in [3.8, 4) is 0 Å². The van der Waals surface area contributed by atoms with Crippen LogP contribution in [-0.4, -0.2) is 13.4 Å². The smallest absolute Gasteiger partial charge is 0.282 e. The maximum absolute atomic E-state index is 12.1. The number of aromatic nitrogens is 1. The third kappa shape index (κ3) is 3.27. The van der Waals surface area contributed by atoms with Crippen molar-refractivity contribution in [1.29, 1.82) is 0 Å². The SMILES string of the molecule is O=S(=O)(NOCc1ccccc1)c1nc2ccccc2s1. The first-order valence-electron chi connectivity index (χ1n) is 6.18. The van der Waals surface area contributed by atoms with Crippen LogP contribution in [0.5, 0.6) is 0 Å². The summed E-state index contributed by atoms with van der Waals surface area (Å²) < 4.78 is 25.0. The first kappa shape index (κ1) is 14.2. The van der Waals surface area contributed by atoms with E-state index in [1.54, 1.807) is 6.07 Å². The molecule has 3 aromatic rings. The van der Waals surface area contributed by atoms with Gasteiger partial charge in [0.25, 0.3) is 10.0 Å². The summed E-state index contributed by atoms with van der Waals surface area (Å²) in [5, 5.41) is 0. The Morgan fingerprint density at radius 2 is 1.76 bits per heavy atom. The number of thiazole rings is 1. The van der Waals surface area contributed by atoms with Gasteiger partial charge in [0.1, 0.15) is 0 Å². The van der Waals surface area contributed by atoms with Gasteiger partial charge in [-0.25, -0.2) is 13.4 Å². The van der Waals surface area contributed by atoms with E-state index in [2.05, 4.69) is 9.87 Å². The van der Waals surface area contributed by atoms with Crippen molar-refractivity contribution < 1.29 is 13.3 Å². The average Bonchev–Trinajstić information content (AvgIpc) is 2.93. The molecule has 0 amide bonds. The van der Waals surface area contributed by atoms with Crippen molar-refractivity contribution in [1.82, 2.24) is 9.87 Å². The van der Waals surface area contributed by atoms with E-state index in [9.17, 15) is 8.42 Å². The molecular weight excluding hydrogens is 308 g/mol. The molecule has 21 heavy (non-hydrogen) atoms. The second-order valence-electron chi connectivity index (χ2n) is 4.31. The van der Waals surface area contributed by atoms with Gasteiger partial charge in [0, 0.05) is 0 Å².